The van der Waals surface area contributed by atoms with E-state index >= 15 is 0 Å². The van der Waals surface area contributed by atoms with Crippen molar-refractivity contribution < 1.29 is 14.7 Å². The fraction of sp³-hybridized carbons (Fsp3) is 0.545. The number of aromatic nitrogens is 1. The summed E-state index contributed by atoms with van der Waals surface area (Å²) in [6, 6.07) is -1.49. The molecule has 19 heavy (non-hydrogen) atoms. The number of urea groups is 1. The second-order valence-electron chi connectivity index (χ2n) is 4.20. The van der Waals surface area contributed by atoms with E-state index in [1.807, 2.05) is 6.92 Å². The molecule has 0 aliphatic heterocycles. The van der Waals surface area contributed by atoms with Crippen molar-refractivity contribution in [3.8, 4) is 0 Å². The lowest BCUT2D eigenvalue weighted by Gasteiger charge is -2.20. The number of nitrogens with one attached hydrogen (secondary N) is 3. The van der Waals surface area contributed by atoms with Gasteiger partial charge in [-0.05, 0) is 5.92 Å². The highest BCUT2D eigenvalue weighted by atomic mass is 32.1. The lowest BCUT2D eigenvalue weighted by molar-refractivity contribution is -0.140. The first-order valence-electron chi connectivity index (χ1n) is 5.87. The highest BCUT2D eigenvalue weighted by Crippen LogP contribution is 2.07. The van der Waals surface area contributed by atoms with Gasteiger partial charge in [-0.3, -0.25) is 4.79 Å². The quantitative estimate of drug-likeness (QED) is 0.618. The van der Waals surface area contributed by atoms with E-state index in [1.54, 1.807) is 12.3 Å². The van der Waals surface area contributed by atoms with Crippen molar-refractivity contribution in [1.82, 2.24) is 15.6 Å². The van der Waals surface area contributed by atoms with Gasteiger partial charge < -0.3 is 20.7 Å². The van der Waals surface area contributed by atoms with Crippen LogP contribution < -0.4 is 15.5 Å². The highest BCUT2D eigenvalue weighted by molar-refractivity contribution is 7.07. The van der Waals surface area contributed by atoms with Gasteiger partial charge in [0.1, 0.15) is 6.04 Å². The zero-order valence-corrected chi connectivity index (χ0v) is 11.5. The molecule has 1 heterocycles. The van der Waals surface area contributed by atoms with Gasteiger partial charge in [0, 0.05) is 11.1 Å². The Labute approximate surface area is 114 Å². The second-order valence-corrected chi connectivity index (χ2v) is 5.04. The summed E-state index contributed by atoms with van der Waals surface area (Å²) in [4.78, 5) is 35.8. The Hall–Kier alpha value is -1.83. The van der Waals surface area contributed by atoms with Crippen molar-refractivity contribution in [3.63, 3.8) is 0 Å². The fourth-order valence-electron chi connectivity index (χ4n) is 1.45. The number of hydrogen-bond donors (Lipinski definition) is 4. The van der Waals surface area contributed by atoms with Crippen LogP contribution in [0.1, 0.15) is 26.0 Å². The molecule has 1 aromatic rings. The van der Waals surface area contributed by atoms with Crippen molar-refractivity contribution in [2.45, 2.75) is 32.9 Å². The van der Waals surface area contributed by atoms with Crippen LogP contribution in [0.5, 0.6) is 0 Å². The molecule has 106 valence electrons. The number of amides is 2. The van der Waals surface area contributed by atoms with E-state index in [9.17, 15) is 14.4 Å². The molecule has 2 atom stereocenters. The van der Waals surface area contributed by atoms with E-state index in [-0.39, 0.29) is 17.3 Å². The number of aliphatic carboxylic acids is 1. The number of rotatable bonds is 6. The van der Waals surface area contributed by atoms with Gasteiger partial charge in [0.05, 0.1) is 6.54 Å². The van der Waals surface area contributed by atoms with Crippen LogP contribution in [-0.4, -0.2) is 28.1 Å². The Morgan fingerprint density at radius 3 is 2.68 bits per heavy atom. The maximum atomic E-state index is 11.6. The number of carboxylic acids is 1. The first-order chi connectivity index (χ1) is 8.93. The maximum Gasteiger partial charge on any atom is 0.326 e. The van der Waals surface area contributed by atoms with Crippen LogP contribution in [0.25, 0.3) is 0 Å². The monoisotopic (exact) mass is 287 g/mol. The largest absolute Gasteiger partial charge is 0.480 e. The minimum atomic E-state index is -1.06. The normalized spacial score (nSPS) is 13.6. The predicted octanol–water partition coefficient (Wildman–Crippen LogP) is 0.735. The van der Waals surface area contributed by atoms with Gasteiger partial charge in [-0.1, -0.05) is 31.6 Å². The average Bonchev–Trinajstić information content (AvgIpc) is 2.78. The molecule has 0 bridgehead atoms. The Bertz CT molecular complexity index is 496. The number of carbonyl (C=O) groups excluding carboxylic acids is 1. The molecule has 0 aliphatic carbocycles. The van der Waals surface area contributed by atoms with Gasteiger partial charge in [-0.15, -0.1) is 0 Å². The number of thiazole rings is 1. The number of H-pyrrole nitrogens is 1. The molecule has 0 saturated heterocycles. The first-order valence-corrected chi connectivity index (χ1v) is 6.75. The molecule has 1 aromatic heterocycles. The summed E-state index contributed by atoms with van der Waals surface area (Å²) in [5, 5.41) is 15.5. The average molecular weight is 287 g/mol. The minimum absolute atomic E-state index is 0.150. The van der Waals surface area contributed by atoms with Gasteiger partial charge in [0.15, 0.2) is 0 Å². The Morgan fingerprint density at radius 2 is 2.21 bits per heavy atom. The van der Waals surface area contributed by atoms with Crippen molar-refractivity contribution in [3.05, 3.63) is 20.7 Å². The van der Waals surface area contributed by atoms with Gasteiger partial charge in [0.25, 0.3) is 0 Å². The summed E-state index contributed by atoms with van der Waals surface area (Å²) in [6.07, 6.45) is 0.648. The first kappa shape index (κ1) is 15.2. The zero-order valence-electron chi connectivity index (χ0n) is 10.7. The van der Waals surface area contributed by atoms with Crippen LogP contribution in [0, 0.1) is 5.92 Å². The molecule has 0 fully saturated rings. The Morgan fingerprint density at radius 1 is 1.53 bits per heavy atom. The van der Waals surface area contributed by atoms with Crippen LogP contribution in [0.15, 0.2) is 10.2 Å². The number of carboxylic acid groups (broad SMARTS) is 1. The van der Waals surface area contributed by atoms with Crippen molar-refractivity contribution in [2.75, 3.05) is 0 Å². The predicted molar refractivity (Wildman–Crippen MR) is 71.2 cm³/mol. The molecule has 0 spiro atoms. The van der Waals surface area contributed by atoms with E-state index in [1.165, 1.54) is 0 Å². The van der Waals surface area contributed by atoms with Crippen molar-refractivity contribution in [1.29, 1.82) is 0 Å². The van der Waals surface area contributed by atoms with E-state index in [2.05, 4.69) is 15.6 Å². The van der Waals surface area contributed by atoms with Crippen LogP contribution in [0.3, 0.4) is 0 Å². The topological polar surface area (TPSA) is 111 Å². The molecule has 2 amide bonds. The molecule has 7 nitrogen and oxygen atoms in total. The van der Waals surface area contributed by atoms with Gasteiger partial charge in [-0.25, -0.2) is 9.59 Å². The minimum Gasteiger partial charge on any atom is -0.480 e. The summed E-state index contributed by atoms with van der Waals surface area (Å²) in [5.74, 6) is -1.22. The summed E-state index contributed by atoms with van der Waals surface area (Å²) in [6.45, 7) is 3.77. The standard InChI is InChI=1S/C11H17N3O4S/c1-3-6(2)8(9(15)16)14-10(17)12-4-7-5-19-11(18)13-7/h5-6,8H,3-4H2,1-2H3,(H,13,18)(H,15,16)(H2,12,14,17). The molecule has 0 radical (unpaired) electrons. The molecular formula is C11H17N3O4S. The summed E-state index contributed by atoms with van der Waals surface area (Å²) in [5.41, 5.74) is 0.584. The summed E-state index contributed by atoms with van der Waals surface area (Å²) >= 11 is 1.01. The highest BCUT2D eigenvalue weighted by Gasteiger charge is 2.25. The lowest BCUT2D eigenvalue weighted by Crippen LogP contribution is -2.48. The Balaban J connectivity index is 2.49. The molecule has 0 saturated carbocycles. The molecule has 8 heteroatoms. The van der Waals surface area contributed by atoms with Crippen molar-refractivity contribution in [2.24, 2.45) is 5.92 Å². The van der Waals surface area contributed by atoms with Crippen LogP contribution in [0.2, 0.25) is 0 Å². The molecule has 4 N–H and O–H groups in total. The van der Waals surface area contributed by atoms with Gasteiger partial charge >= 0.3 is 16.9 Å². The SMILES string of the molecule is CCC(C)C(NC(=O)NCc1csc(=O)[nH]1)C(=O)O. The maximum absolute atomic E-state index is 11.6. The second kappa shape index (κ2) is 6.93. The van der Waals surface area contributed by atoms with Gasteiger partial charge in [-0.2, -0.15) is 0 Å². The summed E-state index contributed by atoms with van der Waals surface area (Å²) in [7, 11) is 0. The Kier molecular flexibility index (Phi) is 5.56. The molecule has 0 aliphatic rings. The number of carbonyl (C=O) groups is 2. The third-order valence-electron chi connectivity index (χ3n) is 2.78. The third-order valence-corrected chi connectivity index (χ3v) is 3.49. The summed E-state index contributed by atoms with van der Waals surface area (Å²) < 4.78 is 0. The smallest absolute Gasteiger partial charge is 0.326 e. The zero-order chi connectivity index (χ0) is 14.4. The molecule has 1 rings (SSSR count). The van der Waals surface area contributed by atoms with Crippen LogP contribution in [-0.2, 0) is 11.3 Å². The van der Waals surface area contributed by atoms with E-state index in [0.717, 1.165) is 11.3 Å². The molecule has 0 aromatic carbocycles. The molecule has 2 unspecified atom stereocenters. The lowest BCUT2D eigenvalue weighted by atomic mass is 9.99. The third kappa shape index (κ3) is 4.74. The fourth-order valence-corrected chi connectivity index (χ4v) is 2.03. The number of hydrogen-bond acceptors (Lipinski definition) is 4. The van der Waals surface area contributed by atoms with Crippen molar-refractivity contribution >= 4 is 23.3 Å². The van der Waals surface area contributed by atoms with Crippen LogP contribution in [0.4, 0.5) is 4.79 Å². The van der Waals surface area contributed by atoms with E-state index in [4.69, 9.17) is 5.11 Å². The van der Waals surface area contributed by atoms with Crippen LogP contribution >= 0.6 is 11.3 Å². The molecular weight excluding hydrogens is 270 g/mol. The number of aromatic amines is 1. The van der Waals surface area contributed by atoms with E-state index in [0.29, 0.717) is 12.1 Å². The van der Waals surface area contributed by atoms with E-state index < -0.39 is 18.0 Å². The van der Waals surface area contributed by atoms with Gasteiger partial charge in [0.2, 0.25) is 0 Å².